The van der Waals surface area contributed by atoms with Gasteiger partial charge in [-0.15, -0.1) is 0 Å². The van der Waals surface area contributed by atoms with Crippen molar-refractivity contribution in [2.75, 3.05) is 6.61 Å². The summed E-state index contributed by atoms with van der Waals surface area (Å²) in [6.07, 6.45) is 4.94. The van der Waals surface area contributed by atoms with E-state index < -0.39 is 0 Å². The van der Waals surface area contributed by atoms with Crippen LogP contribution in [0.25, 0.3) is 0 Å². The molecule has 0 aromatic carbocycles. The van der Waals surface area contributed by atoms with Crippen molar-refractivity contribution in [2.24, 2.45) is 5.41 Å². The topological polar surface area (TPSA) is 26.3 Å². The van der Waals surface area contributed by atoms with Crippen LogP contribution in [-0.2, 0) is 9.53 Å². The number of hydrogen-bond acceptors (Lipinski definition) is 2. The molecule has 11 heavy (non-hydrogen) atoms. The summed E-state index contributed by atoms with van der Waals surface area (Å²) < 4.78 is 4.88. The normalized spacial score (nSPS) is 19.5. The van der Waals surface area contributed by atoms with Crippen LogP contribution >= 0.6 is 0 Å². The molecule has 0 bridgehead atoms. The van der Waals surface area contributed by atoms with Crippen LogP contribution in [0.3, 0.4) is 0 Å². The van der Waals surface area contributed by atoms with Gasteiger partial charge in [0.25, 0.3) is 0 Å². The maximum absolute atomic E-state index is 10.4. The fourth-order valence-electron chi connectivity index (χ4n) is 1.37. The lowest BCUT2D eigenvalue weighted by atomic mass is 10.0. The molecule has 64 valence electrons. The molecule has 0 N–H and O–H groups in total. The molecule has 0 heterocycles. The quantitative estimate of drug-likeness (QED) is 0.583. The number of hydrogen-bond donors (Lipinski definition) is 0. The molecule has 2 heteroatoms. The summed E-state index contributed by atoms with van der Waals surface area (Å²) >= 11 is 0. The van der Waals surface area contributed by atoms with Crippen molar-refractivity contribution in [1.82, 2.24) is 0 Å². The van der Waals surface area contributed by atoms with Gasteiger partial charge in [-0.1, -0.05) is 13.3 Å². The Morgan fingerprint density at radius 1 is 1.55 bits per heavy atom. The fourth-order valence-corrected chi connectivity index (χ4v) is 1.37. The van der Waals surface area contributed by atoms with E-state index in [1.165, 1.54) is 26.2 Å². The Balaban J connectivity index is 2.07. The Morgan fingerprint density at radius 2 is 2.18 bits per heavy atom. The van der Waals surface area contributed by atoms with E-state index >= 15 is 0 Å². The van der Waals surface area contributed by atoms with Crippen LogP contribution in [0.1, 0.15) is 39.5 Å². The van der Waals surface area contributed by atoms with Crippen LogP contribution in [-0.4, -0.2) is 12.6 Å². The van der Waals surface area contributed by atoms with Gasteiger partial charge in [-0.25, -0.2) is 0 Å². The lowest BCUT2D eigenvalue weighted by molar-refractivity contribution is -0.141. The fraction of sp³-hybridized carbons (Fsp3) is 0.889. The van der Waals surface area contributed by atoms with Crippen LogP contribution in [0.5, 0.6) is 0 Å². The maximum Gasteiger partial charge on any atom is 0.302 e. The molecule has 1 saturated carbocycles. The molecule has 0 unspecified atom stereocenters. The Kier molecular flexibility index (Phi) is 2.53. The summed E-state index contributed by atoms with van der Waals surface area (Å²) in [7, 11) is 0. The highest BCUT2D eigenvalue weighted by atomic mass is 16.5. The average Bonchev–Trinajstić information content (AvgIpc) is 2.69. The summed E-state index contributed by atoms with van der Waals surface area (Å²) in [6, 6.07) is 0. The summed E-state index contributed by atoms with van der Waals surface area (Å²) in [5, 5.41) is 0. The van der Waals surface area contributed by atoms with Crippen LogP contribution in [0.4, 0.5) is 0 Å². The number of carbonyl (C=O) groups excluding carboxylic acids is 1. The second-order valence-corrected chi connectivity index (χ2v) is 3.44. The molecule has 0 atom stereocenters. The molecule has 1 rings (SSSR count). The molecule has 0 saturated heterocycles. The molecule has 0 aromatic rings. The van der Waals surface area contributed by atoms with E-state index in [1.807, 2.05) is 0 Å². The van der Waals surface area contributed by atoms with Crippen LogP contribution in [0.2, 0.25) is 0 Å². The highest BCUT2D eigenvalue weighted by Crippen LogP contribution is 2.51. The van der Waals surface area contributed by atoms with E-state index in [1.54, 1.807) is 0 Å². The van der Waals surface area contributed by atoms with Gasteiger partial charge in [0.2, 0.25) is 0 Å². The Bertz CT molecular complexity index is 148. The standard InChI is InChI=1S/C9H16O2/c1-3-9(4-5-9)6-7-11-8(2)10/h3-7H2,1-2H3. The van der Waals surface area contributed by atoms with E-state index in [0.29, 0.717) is 12.0 Å². The van der Waals surface area contributed by atoms with E-state index in [9.17, 15) is 4.79 Å². The minimum atomic E-state index is -0.156. The number of esters is 1. The first kappa shape index (κ1) is 8.57. The van der Waals surface area contributed by atoms with Crippen LogP contribution in [0, 0.1) is 5.41 Å². The van der Waals surface area contributed by atoms with Gasteiger partial charge in [0.1, 0.15) is 0 Å². The zero-order valence-electron chi connectivity index (χ0n) is 7.35. The second-order valence-electron chi connectivity index (χ2n) is 3.44. The predicted octanol–water partition coefficient (Wildman–Crippen LogP) is 2.13. The third-order valence-corrected chi connectivity index (χ3v) is 2.64. The van der Waals surface area contributed by atoms with Crippen molar-refractivity contribution in [3.8, 4) is 0 Å². The first-order chi connectivity index (χ1) is 5.18. The van der Waals surface area contributed by atoms with E-state index in [0.717, 1.165) is 6.42 Å². The first-order valence-corrected chi connectivity index (χ1v) is 4.32. The van der Waals surface area contributed by atoms with E-state index in [4.69, 9.17) is 4.74 Å². The third kappa shape index (κ3) is 2.52. The van der Waals surface area contributed by atoms with Gasteiger partial charge in [-0.3, -0.25) is 4.79 Å². The molecular formula is C9H16O2. The molecule has 1 fully saturated rings. The van der Waals surface area contributed by atoms with Gasteiger partial charge in [-0.2, -0.15) is 0 Å². The minimum absolute atomic E-state index is 0.156. The van der Waals surface area contributed by atoms with Gasteiger partial charge in [0.05, 0.1) is 6.61 Å². The molecule has 0 aliphatic heterocycles. The molecule has 2 nitrogen and oxygen atoms in total. The SMILES string of the molecule is CCC1(CCOC(C)=O)CC1. The van der Waals surface area contributed by atoms with E-state index in [-0.39, 0.29) is 5.97 Å². The van der Waals surface area contributed by atoms with Gasteiger partial charge in [0, 0.05) is 6.92 Å². The van der Waals surface area contributed by atoms with Gasteiger partial charge in [0.15, 0.2) is 0 Å². The van der Waals surface area contributed by atoms with Crippen molar-refractivity contribution in [2.45, 2.75) is 39.5 Å². The lowest BCUT2D eigenvalue weighted by Gasteiger charge is -2.10. The van der Waals surface area contributed by atoms with Crippen LogP contribution in [0.15, 0.2) is 0 Å². The Hall–Kier alpha value is -0.530. The number of carbonyl (C=O) groups is 1. The average molecular weight is 156 g/mol. The van der Waals surface area contributed by atoms with Gasteiger partial charge in [-0.05, 0) is 24.7 Å². The molecular weight excluding hydrogens is 140 g/mol. The summed E-state index contributed by atoms with van der Waals surface area (Å²) in [5.74, 6) is -0.156. The lowest BCUT2D eigenvalue weighted by Crippen LogP contribution is -2.07. The van der Waals surface area contributed by atoms with Gasteiger partial charge < -0.3 is 4.74 Å². The van der Waals surface area contributed by atoms with E-state index in [2.05, 4.69) is 6.92 Å². The van der Waals surface area contributed by atoms with Crippen molar-refractivity contribution >= 4 is 5.97 Å². The minimum Gasteiger partial charge on any atom is -0.466 e. The van der Waals surface area contributed by atoms with Crippen molar-refractivity contribution in [3.05, 3.63) is 0 Å². The Labute approximate surface area is 67.9 Å². The zero-order valence-corrected chi connectivity index (χ0v) is 7.35. The summed E-state index contributed by atoms with van der Waals surface area (Å²) in [5.41, 5.74) is 0.551. The van der Waals surface area contributed by atoms with Crippen molar-refractivity contribution in [3.63, 3.8) is 0 Å². The van der Waals surface area contributed by atoms with Crippen LogP contribution < -0.4 is 0 Å². The Morgan fingerprint density at radius 3 is 2.55 bits per heavy atom. The smallest absolute Gasteiger partial charge is 0.302 e. The molecule has 0 amide bonds. The second kappa shape index (κ2) is 3.24. The molecule has 1 aliphatic rings. The monoisotopic (exact) mass is 156 g/mol. The molecule has 0 aromatic heterocycles. The molecule has 0 spiro atoms. The summed E-state index contributed by atoms with van der Waals surface area (Å²) in [6.45, 7) is 4.29. The predicted molar refractivity (Wildman–Crippen MR) is 43.2 cm³/mol. The summed E-state index contributed by atoms with van der Waals surface area (Å²) in [4.78, 5) is 10.4. The van der Waals surface area contributed by atoms with Gasteiger partial charge >= 0.3 is 5.97 Å². The molecule has 0 radical (unpaired) electrons. The first-order valence-electron chi connectivity index (χ1n) is 4.32. The van der Waals surface area contributed by atoms with Crippen molar-refractivity contribution in [1.29, 1.82) is 0 Å². The zero-order chi connectivity index (χ0) is 8.32. The number of ether oxygens (including phenoxy) is 1. The maximum atomic E-state index is 10.4. The largest absolute Gasteiger partial charge is 0.466 e. The molecule has 1 aliphatic carbocycles. The highest BCUT2D eigenvalue weighted by Gasteiger charge is 2.40. The highest BCUT2D eigenvalue weighted by molar-refractivity contribution is 5.65. The third-order valence-electron chi connectivity index (χ3n) is 2.64. The van der Waals surface area contributed by atoms with Crippen molar-refractivity contribution < 1.29 is 9.53 Å². The number of rotatable bonds is 4.